The summed E-state index contributed by atoms with van der Waals surface area (Å²) in [6.45, 7) is 2.85. The van der Waals surface area contributed by atoms with Crippen molar-refractivity contribution in [2.24, 2.45) is 0 Å². The summed E-state index contributed by atoms with van der Waals surface area (Å²) in [5, 5.41) is 2.84. The van der Waals surface area contributed by atoms with Gasteiger partial charge in [-0.1, -0.05) is 0 Å². The minimum Gasteiger partial charge on any atom is -0.338 e. The van der Waals surface area contributed by atoms with Crippen LogP contribution in [0.4, 0.5) is 4.79 Å². The van der Waals surface area contributed by atoms with Crippen LogP contribution in [0.5, 0.6) is 0 Å². The first-order valence-corrected chi connectivity index (χ1v) is 5.45. The first-order chi connectivity index (χ1) is 7.56. The van der Waals surface area contributed by atoms with Crippen LogP contribution >= 0.6 is 0 Å². The average molecular weight is 228 g/mol. The maximum absolute atomic E-state index is 11.6. The van der Waals surface area contributed by atoms with Gasteiger partial charge in [0.25, 0.3) is 0 Å². The number of piperazine rings is 1. The monoisotopic (exact) mass is 228 g/mol. The normalized spacial score (nSPS) is 16.2. The van der Waals surface area contributed by atoms with E-state index < -0.39 is 0 Å². The molecule has 1 aliphatic rings. The number of hydrogen-bond acceptors (Lipinski definition) is 3. The summed E-state index contributed by atoms with van der Waals surface area (Å²) >= 11 is 0. The zero-order valence-corrected chi connectivity index (χ0v) is 10.2. The molecule has 0 aromatic heterocycles. The van der Waals surface area contributed by atoms with Crippen molar-refractivity contribution in [1.29, 1.82) is 0 Å². The standard InChI is InChI=1S/C10H20N4O2/c1-11-8-9(15)13-4-6-14(7-5-13)10(16)12(2)3/h11H,4-8H2,1-3H3. The van der Waals surface area contributed by atoms with Crippen LogP contribution in [-0.4, -0.2) is 80.5 Å². The summed E-state index contributed by atoms with van der Waals surface area (Å²) in [5.74, 6) is 0.0967. The van der Waals surface area contributed by atoms with E-state index in [4.69, 9.17) is 0 Å². The third kappa shape index (κ3) is 3.10. The van der Waals surface area contributed by atoms with Crippen LogP contribution < -0.4 is 5.32 Å². The minimum atomic E-state index is 0.0146. The van der Waals surface area contributed by atoms with Gasteiger partial charge >= 0.3 is 6.03 Å². The van der Waals surface area contributed by atoms with E-state index in [-0.39, 0.29) is 11.9 Å². The number of nitrogens with one attached hydrogen (secondary N) is 1. The molecule has 1 N–H and O–H groups in total. The molecule has 0 aromatic rings. The topological polar surface area (TPSA) is 55.9 Å². The van der Waals surface area contributed by atoms with Crippen LogP contribution in [0.3, 0.4) is 0 Å². The third-order valence-electron chi connectivity index (χ3n) is 2.61. The smallest absolute Gasteiger partial charge is 0.319 e. The highest BCUT2D eigenvalue weighted by molar-refractivity contribution is 5.79. The van der Waals surface area contributed by atoms with Crippen LogP contribution in [0, 0.1) is 0 Å². The number of rotatable bonds is 2. The van der Waals surface area contributed by atoms with Gasteiger partial charge in [0.05, 0.1) is 6.54 Å². The van der Waals surface area contributed by atoms with Gasteiger partial charge in [0.1, 0.15) is 0 Å². The summed E-state index contributed by atoms with van der Waals surface area (Å²) in [4.78, 5) is 28.3. The molecule has 0 bridgehead atoms. The Morgan fingerprint density at radius 2 is 1.62 bits per heavy atom. The van der Waals surface area contributed by atoms with Crippen LogP contribution in [-0.2, 0) is 4.79 Å². The maximum Gasteiger partial charge on any atom is 0.319 e. The summed E-state index contributed by atoms with van der Waals surface area (Å²) in [6, 6.07) is 0.0146. The highest BCUT2D eigenvalue weighted by Crippen LogP contribution is 2.04. The fraction of sp³-hybridized carbons (Fsp3) is 0.800. The van der Waals surface area contributed by atoms with Crippen molar-refractivity contribution in [3.05, 3.63) is 0 Å². The fourth-order valence-corrected chi connectivity index (χ4v) is 1.69. The van der Waals surface area contributed by atoms with Gasteiger partial charge in [-0.25, -0.2) is 4.79 Å². The van der Waals surface area contributed by atoms with Gasteiger partial charge in [-0.2, -0.15) is 0 Å². The summed E-state index contributed by atoms with van der Waals surface area (Å²) in [5.41, 5.74) is 0. The average Bonchev–Trinajstić information content (AvgIpc) is 2.28. The van der Waals surface area contributed by atoms with Crippen LogP contribution in [0.25, 0.3) is 0 Å². The van der Waals surface area contributed by atoms with Crippen molar-refractivity contribution in [1.82, 2.24) is 20.0 Å². The molecule has 1 aliphatic heterocycles. The molecule has 0 aromatic carbocycles. The molecule has 6 heteroatoms. The van der Waals surface area contributed by atoms with Gasteiger partial charge in [0.2, 0.25) is 5.91 Å². The first-order valence-electron chi connectivity index (χ1n) is 5.45. The van der Waals surface area contributed by atoms with Crippen LogP contribution in [0.15, 0.2) is 0 Å². The van der Waals surface area contributed by atoms with Gasteiger partial charge < -0.3 is 20.0 Å². The van der Waals surface area contributed by atoms with Gasteiger partial charge in [-0.3, -0.25) is 4.79 Å². The second-order valence-corrected chi connectivity index (χ2v) is 4.08. The molecule has 0 spiro atoms. The van der Waals surface area contributed by atoms with Crippen molar-refractivity contribution in [3.8, 4) is 0 Å². The Balaban J connectivity index is 2.39. The number of carbonyl (C=O) groups is 2. The Bertz CT molecular complexity index is 260. The van der Waals surface area contributed by atoms with E-state index in [1.54, 1.807) is 35.8 Å². The van der Waals surface area contributed by atoms with Gasteiger partial charge in [-0.05, 0) is 7.05 Å². The summed E-state index contributed by atoms with van der Waals surface area (Å²) < 4.78 is 0. The van der Waals surface area contributed by atoms with Crippen molar-refractivity contribution in [3.63, 3.8) is 0 Å². The Hall–Kier alpha value is -1.30. The molecular formula is C10H20N4O2. The Kier molecular flexibility index (Phi) is 4.54. The quantitative estimate of drug-likeness (QED) is 0.662. The summed E-state index contributed by atoms with van der Waals surface area (Å²) in [7, 11) is 5.23. The largest absolute Gasteiger partial charge is 0.338 e. The predicted molar refractivity (Wildman–Crippen MR) is 61.2 cm³/mol. The SMILES string of the molecule is CNCC(=O)N1CCN(C(=O)N(C)C)CC1. The van der Waals surface area contributed by atoms with Crippen molar-refractivity contribution in [2.75, 3.05) is 53.9 Å². The Morgan fingerprint density at radius 3 is 2.06 bits per heavy atom. The van der Waals surface area contributed by atoms with Gasteiger partial charge in [0.15, 0.2) is 0 Å². The minimum absolute atomic E-state index is 0.0146. The van der Waals surface area contributed by atoms with Crippen molar-refractivity contribution >= 4 is 11.9 Å². The molecule has 1 fully saturated rings. The highest BCUT2D eigenvalue weighted by atomic mass is 16.2. The number of urea groups is 1. The number of hydrogen-bond donors (Lipinski definition) is 1. The Labute approximate surface area is 96.2 Å². The third-order valence-corrected chi connectivity index (χ3v) is 2.61. The van der Waals surface area contributed by atoms with E-state index in [9.17, 15) is 9.59 Å². The molecule has 1 rings (SSSR count). The summed E-state index contributed by atoms with van der Waals surface area (Å²) in [6.07, 6.45) is 0. The molecule has 0 atom stereocenters. The zero-order chi connectivity index (χ0) is 12.1. The molecule has 0 unspecified atom stereocenters. The molecule has 3 amide bonds. The molecule has 0 saturated carbocycles. The number of carbonyl (C=O) groups excluding carboxylic acids is 2. The van der Waals surface area contributed by atoms with Crippen LogP contribution in [0.2, 0.25) is 0 Å². The first kappa shape index (κ1) is 12.8. The lowest BCUT2D eigenvalue weighted by atomic mass is 10.3. The van der Waals surface area contributed by atoms with E-state index in [1.807, 2.05) is 0 Å². The molecule has 16 heavy (non-hydrogen) atoms. The molecule has 0 aliphatic carbocycles. The number of amides is 3. The lowest BCUT2D eigenvalue weighted by Crippen LogP contribution is -2.54. The van der Waals surface area contributed by atoms with Crippen LogP contribution in [0.1, 0.15) is 0 Å². The predicted octanol–water partition coefficient (Wildman–Crippen LogP) is -0.968. The molecule has 1 heterocycles. The number of likely N-dealkylation sites (N-methyl/N-ethyl adjacent to an activating group) is 1. The van der Waals surface area contributed by atoms with E-state index in [0.29, 0.717) is 32.7 Å². The molecule has 6 nitrogen and oxygen atoms in total. The van der Waals surface area contributed by atoms with Crippen molar-refractivity contribution < 1.29 is 9.59 Å². The molecule has 92 valence electrons. The number of nitrogens with zero attached hydrogens (tertiary/aromatic N) is 3. The van der Waals surface area contributed by atoms with E-state index in [2.05, 4.69) is 5.32 Å². The van der Waals surface area contributed by atoms with E-state index in [1.165, 1.54) is 0 Å². The second kappa shape index (κ2) is 5.69. The maximum atomic E-state index is 11.6. The van der Waals surface area contributed by atoms with E-state index >= 15 is 0 Å². The van der Waals surface area contributed by atoms with Gasteiger partial charge in [0, 0.05) is 40.3 Å². The van der Waals surface area contributed by atoms with E-state index in [0.717, 1.165) is 0 Å². The lowest BCUT2D eigenvalue weighted by molar-refractivity contribution is -0.131. The zero-order valence-electron chi connectivity index (χ0n) is 10.2. The molecule has 1 saturated heterocycles. The lowest BCUT2D eigenvalue weighted by Gasteiger charge is -2.35. The van der Waals surface area contributed by atoms with Gasteiger partial charge in [-0.15, -0.1) is 0 Å². The molecule has 0 radical (unpaired) electrons. The highest BCUT2D eigenvalue weighted by Gasteiger charge is 2.24. The second-order valence-electron chi connectivity index (χ2n) is 4.08. The Morgan fingerprint density at radius 1 is 1.12 bits per heavy atom. The fourth-order valence-electron chi connectivity index (χ4n) is 1.69. The van der Waals surface area contributed by atoms with Crippen molar-refractivity contribution in [2.45, 2.75) is 0 Å². The molecular weight excluding hydrogens is 208 g/mol.